The van der Waals surface area contributed by atoms with Crippen molar-refractivity contribution >= 4 is 5.57 Å². The van der Waals surface area contributed by atoms with Crippen LogP contribution in [0.1, 0.15) is 47.4 Å². The van der Waals surface area contributed by atoms with Gasteiger partial charge in [0, 0.05) is 24.2 Å². The number of fused-ring (bicyclic) bond motifs is 1. The van der Waals surface area contributed by atoms with E-state index in [4.69, 9.17) is 4.52 Å². The molecule has 0 saturated carbocycles. The van der Waals surface area contributed by atoms with Crippen molar-refractivity contribution in [2.75, 3.05) is 33.7 Å². The maximum Gasteiger partial charge on any atom is 0.168 e. The van der Waals surface area contributed by atoms with Crippen LogP contribution in [0.4, 0.5) is 0 Å². The third-order valence-corrected chi connectivity index (χ3v) is 7.63. The summed E-state index contributed by atoms with van der Waals surface area (Å²) in [4.78, 5) is 4.83. The van der Waals surface area contributed by atoms with E-state index in [1.54, 1.807) is 0 Å². The van der Waals surface area contributed by atoms with E-state index in [0.717, 1.165) is 44.0 Å². The molecule has 0 spiro atoms. The van der Waals surface area contributed by atoms with Crippen molar-refractivity contribution in [2.45, 2.75) is 45.1 Å². The number of likely N-dealkylation sites (N-methyl/N-ethyl adjacent to an activating group) is 1. The molecule has 2 aromatic carbocycles. The summed E-state index contributed by atoms with van der Waals surface area (Å²) in [5, 5.41) is 4.62. The number of aromatic nitrogens is 1. The Kier molecular flexibility index (Phi) is 8.15. The molecule has 1 saturated heterocycles. The number of hydrogen-bond donors (Lipinski definition) is 0. The fraction of sp³-hybridized carbons (Fsp3) is 0.406. The van der Waals surface area contributed by atoms with Crippen LogP contribution in [0.15, 0.2) is 82.9 Å². The zero-order valence-corrected chi connectivity index (χ0v) is 21.8. The zero-order valence-electron chi connectivity index (χ0n) is 21.8. The quantitative estimate of drug-likeness (QED) is 0.365. The SMILES string of the molecule is CN(C)CC1=C(Cc2ccccc2)C=CCc2c(CCC3CCN(Cc4ccccc4)CC3)noc21. The molecule has 2 aliphatic rings. The molecule has 1 aliphatic carbocycles. The fourth-order valence-corrected chi connectivity index (χ4v) is 5.64. The molecule has 3 aromatic rings. The highest BCUT2D eigenvalue weighted by Gasteiger charge is 2.25. The van der Waals surface area contributed by atoms with Crippen molar-refractivity contribution in [3.8, 4) is 0 Å². The van der Waals surface area contributed by atoms with E-state index in [2.05, 4.69) is 102 Å². The van der Waals surface area contributed by atoms with Gasteiger partial charge < -0.3 is 9.42 Å². The van der Waals surface area contributed by atoms with Crippen LogP contribution in [0.2, 0.25) is 0 Å². The molecule has 4 heteroatoms. The van der Waals surface area contributed by atoms with Crippen LogP contribution >= 0.6 is 0 Å². The van der Waals surface area contributed by atoms with Crippen LogP contribution in [0.3, 0.4) is 0 Å². The van der Waals surface area contributed by atoms with E-state index in [1.165, 1.54) is 65.9 Å². The van der Waals surface area contributed by atoms with E-state index in [9.17, 15) is 0 Å². The van der Waals surface area contributed by atoms with Gasteiger partial charge in [-0.15, -0.1) is 0 Å². The second-order valence-electron chi connectivity index (χ2n) is 10.7. The Bertz CT molecular complexity index is 1170. The number of aryl methyl sites for hydroxylation is 1. The molecule has 1 aliphatic heterocycles. The standard InChI is InChI=1S/C32H39N3O/c1-34(2)24-30-28(22-26-10-5-3-6-11-26)14-9-15-29-31(33-36-32(29)30)17-16-25-18-20-35(21-19-25)23-27-12-7-4-8-13-27/h3-14,25H,15-24H2,1-2H3. The number of piperidine rings is 1. The number of nitrogens with zero attached hydrogens (tertiary/aromatic N) is 3. The average molecular weight is 482 g/mol. The van der Waals surface area contributed by atoms with Gasteiger partial charge in [-0.25, -0.2) is 0 Å². The molecular formula is C32H39N3O. The molecule has 0 radical (unpaired) electrons. The second kappa shape index (κ2) is 11.9. The number of benzene rings is 2. The second-order valence-corrected chi connectivity index (χ2v) is 10.7. The molecule has 188 valence electrons. The first-order valence-corrected chi connectivity index (χ1v) is 13.5. The van der Waals surface area contributed by atoms with Crippen molar-refractivity contribution in [1.82, 2.24) is 15.0 Å². The van der Waals surface area contributed by atoms with Crippen LogP contribution in [0.5, 0.6) is 0 Å². The molecule has 0 N–H and O–H groups in total. The molecule has 5 rings (SSSR count). The molecule has 36 heavy (non-hydrogen) atoms. The first kappa shape index (κ1) is 24.7. The highest BCUT2D eigenvalue weighted by atomic mass is 16.5. The molecule has 1 aromatic heterocycles. The van der Waals surface area contributed by atoms with Gasteiger partial charge in [0.1, 0.15) is 0 Å². The van der Waals surface area contributed by atoms with Crippen LogP contribution in [0.25, 0.3) is 5.57 Å². The van der Waals surface area contributed by atoms with Crippen LogP contribution in [0, 0.1) is 5.92 Å². The van der Waals surface area contributed by atoms with E-state index in [1.807, 2.05) is 0 Å². The van der Waals surface area contributed by atoms with Gasteiger partial charge in [0.05, 0.1) is 5.69 Å². The van der Waals surface area contributed by atoms with Gasteiger partial charge in [0.25, 0.3) is 0 Å². The number of allylic oxidation sites excluding steroid dienone is 3. The van der Waals surface area contributed by atoms with Crippen LogP contribution < -0.4 is 0 Å². The monoisotopic (exact) mass is 481 g/mol. The van der Waals surface area contributed by atoms with Gasteiger partial charge in [-0.1, -0.05) is 78.0 Å². The summed E-state index contributed by atoms with van der Waals surface area (Å²) in [6.45, 7) is 4.31. The van der Waals surface area contributed by atoms with Crippen LogP contribution in [-0.4, -0.2) is 48.7 Å². The summed E-state index contributed by atoms with van der Waals surface area (Å²) >= 11 is 0. The maximum absolute atomic E-state index is 6.09. The Hall–Kier alpha value is -2.95. The molecule has 2 heterocycles. The lowest BCUT2D eigenvalue weighted by Gasteiger charge is -2.32. The minimum Gasteiger partial charge on any atom is -0.356 e. The van der Waals surface area contributed by atoms with Crippen molar-refractivity contribution in [3.63, 3.8) is 0 Å². The number of likely N-dealkylation sites (tertiary alicyclic amines) is 1. The van der Waals surface area contributed by atoms with Crippen molar-refractivity contribution in [1.29, 1.82) is 0 Å². The molecule has 0 amide bonds. The number of hydrogen-bond acceptors (Lipinski definition) is 4. The smallest absolute Gasteiger partial charge is 0.168 e. The molecule has 0 bridgehead atoms. The zero-order chi connectivity index (χ0) is 24.7. The topological polar surface area (TPSA) is 32.5 Å². The van der Waals surface area contributed by atoms with E-state index >= 15 is 0 Å². The van der Waals surface area contributed by atoms with Gasteiger partial charge >= 0.3 is 0 Å². The Labute approximate surface area is 216 Å². The first-order valence-electron chi connectivity index (χ1n) is 13.5. The molecule has 0 atom stereocenters. The summed E-state index contributed by atoms with van der Waals surface area (Å²) in [6.07, 6.45) is 11.2. The Morgan fingerprint density at radius 1 is 0.944 bits per heavy atom. The van der Waals surface area contributed by atoms with Gasteiger partial charge in [0.2, 0.25) is 0 Å². The fourth-order valence-electron chi connectivity index (χ4n) is 5.64. The summed E-state index contributed by atoms with van der Waals surface area (Å²) < 4.78 is 6.09. The van der Waals surface area contributed by atoms with Crippen molar-refractivity contribution < 1.29 is 4.52 Å². The molecule has 0 unspecified atom stereocenters. The largest absolute Gasteiger partial charge is 0.356 e. The van der Waals surface area contributed by atoms with Crippen LogP contribution in [-0.2, 0) is 25.8 Å². The molecule has 1 fully saturated rings. The summed E-state index contributed by atoms with van der Waals surface area (Å²) in [5.74, 6) is 1.78. The summed E-state index contributed by atoms with van der Waals surface area (Å²) in [7, 11) is 4.26. The molecular weight excluding hydrogens is 442 g/mol. The third-order valence-electron chi connectivity index (χ3n) is 7.63. The lowest BCUT2D eigenvalue weighted by Crippen LogP contribution is -2.33. The van der Waals surface area contributed by atoms with Gasteiger partial charge in [-0.05, 0) is 88.3 Å². The van der Waals surface area contributed by atoms with Gasteiger partial charge in [0.15, 0.2) is 5.76 Å². The predicted octanol–water partition coefficient (Wildman–Crippen LogP) is 6.19. The van der Waals surface area contributed by atoms with Crippen molar-refractivity contribution in [2.24, 2.45) is 5.92 Å². The number of rotatable bonds is 9. The third kappa shape index (κ3) is 6.24. The minimum atomic E-state index is 0.774. The average Bonchev–Trinajstić information content (AvgIpc) is 3.22. The lowest BCUT2D eigenvalue weighted by molar-refractivity contribution is 0.172. The summed E-state index contributed by atoms with van der Waals surface area (Å²) in [5.41, 5.74) is 7.83. The van der Waals surface area contributed by atoms with E-state index < -0.39 is 0 Å². The highest BCUT2D eigenvalue weighted by molar-refractivity contribution is 5.73. The minimum absolute atomic E-state index is 0.774. The Morgan fingerprint density at radius 3 is 2.33 bits per heavy atom. The molecule has 4 nitrogen and oxygen atoms in total. The van der Waals surface area contributed by atoms with Gasteiger partial charge in [-0.3, -0.25) is 4.90 Å². The Balaban J connectivity index is 1.24. The summed E-state index contributed by atoms with van der Waals surface area (Å²) in [6, 6.07) is 21.6. The predicted molar refractivity (Wildman–Crippen MR) is 148 cm³/mol. The van der Waals surface area contributed by atoms with E-state index in [-0.39, 0.29) is 0 Å². The highest BCUT2D eigenvalue weighted by Crippen LogP contribution is 2.33. The lowest BCUT2D eigenvalue weighted by atomic mass is 9.90. The van der Waals surface area contributed by atoms with Gasteiger partial charge in [-0.2, -0.15) is 0 Å². The Morgan fingerprint density at radius 2 is 1.64 bits per heavy atom. The van der Waals surface area contributed by atoms with Crippen molar-refractivity contribution in [3.05, 3.63) is 107 Å². The normalized spacial score (nSPS) is 17.0. The maximum atomic E-state index is 6.09. The van der Waals surface area contributed by atoms with E-state index in [0.29, 0.717) is 0 Å². The first-order chi connectivity index (χ1) is 17.7.